The molecule has 0 heterocycles. The summed E-state index contributed by atoms with van der Waals surface area (Å²) in [7, 11) is 0. The molecule has 0 aromatic heterocycles. The number of hydrogen-bond acceptors (Lipinski definition) is 2. The number of nitrogens with two attached hydrogens (primary N) is 1. The molecular formula is C14H19F2NO. The van der Waals surface area contributed by atoms with Crippen LogP contribution in [0.3, 0.4) is 0 Å². The van der Waals surface area contributed by atoms with Gasteiger partial charge in [0.05, 0.1) is 0 Å². The first kappa shape index (κ1) is 13.3. The Morgan fingerprint density at radius 3 is 2.50 bits per heavy atom. The molecule has 18 heavy (non-hydrogen) atoms. The highest BCUT2D eigenvalue weighted by molar-refractivity contribution is 5.39. The Balaban J connectivity index is 2.28. The van der Waals surface area contributed by atoms with Gasteiger partial charge in [0.25, 0.3) is 0 Å². The SMILES string of the molecule is Cc1ccc(C2(N)CCCCC2)cc1OC(F)F. The Bertz CT molecular complexity index is 414. The maximum absolute atomic E-state index is 12.3. The lowest BCUT2D eigenvalue weighted by Gasteiger charge is -2.34. The van der Waals surface area contributed by atoms with E-state index in [1.54, 1.807) is 19.1 Å². The number of aryl methyl sites for hydroxylation is 1. The van der Waals surface area contributed by atoms with Crippen molar-refractivity contribution < 1.29 is 13.5 Å². The van der Waals surface area contributed by atoms with Gasteiger partial charge in [-0.2, -0.15) is 8.78 Å². The summed E-state index contributed by atoms with van der Waals surface area (Å²) in [5.74, 6) is 0.234. The summed E-state index contributed by atoms with van der Waals surface area (Å²) in [6, 6.07) is 5.40. The summed E-state index contributed by atoms with van der Waals surface area (Å²) in [6.45, 7) is -1.04. The van der Waals surface area contributed by atoms with E-state index in [0.29, 0.717) is 5.56 Å². The maximum Gasteiger partial charge on any atom is 0.387 e. The number of alkyl halides is 2. The highest BCUT2D eigenvalue weighted by Gasteiger charge is 2.30. The quantitative estimate of drug-likeness (QED) is 0.893. The minimum Gasteiger partial charge on any atom is -0.435 e. The second-order valence-corrected chi connectivity index (χ2v) is 5.08. The van der Waals surface area contributed by atoms with Crippen molar-refractivity contribution in [3.05, 3.63) is 29.3 Å². The van der Waals surface area contributed by atoms with Gasteiger partial charge in [-0.25, -0.2) is 0 Å². The third-order valence-corrected chi connectivity index (χ3v) is 3.72. The van der Waals surface area contributed by atoms with Crippen LogP contribution in [-0.2, 0) is 5.54 Å². The van der Waals surface area contributed by atoms with Gasteiger partial charge in [0, 0.05) is 5.54 Å². The van der Waals surface area contributed by atoms with Gasteiger partial charge in [-0.3, -0.25) is 0 Å². The molecule has 1 aromatic rings. The number of rotatable bonds is 3. The number of halogens is 2. The number of ether oxygens (including phenoxy) is 1. The van der Waals surface area contributed by atoms with Crippen molar-refractivity contribution in [1.29, 1.82) is 0 Å². The Morgan fingerprint density at radius 1 is 1.22 bits per heavy atom. The normalized spacial score (nSPS) is 18.9. The van der Waals surface area contributed by atoms with Crippen LogP contribution in [-0.4, -0.2) is 6.61 Å². The third kappa shape index (κ3) is 2.80. The van der Waals surface area contributed by atoms with E-state index in [9.17, 15) is 8.78 Å². The third-order valence-electron chi connectivity index (χ3n) is 3.72. The summed E-state index contributed by atoms with van der Waals surface area (Å²) >= 11 is 0. The predicted molar refractivity (Wildman–Crippen MR) is 66.8 cm³/mol. The monoisotopic (exact) mass is 255 g/mol. The topological polar surface area (TPSA) is 35.2 Å². The summed E-state index contributed by atoms with van der Waals surface area (Å²) in [5.41, 5.74) is 7.62. The summed E-state index contributed by atoms with van der Waals surface area (Å²) in [6.07, 6.45) is 5.20. The molecule has 2 rings (SSSR count). The molecule has 0 saturated heterocycles. The highest BCUT2D eigenvalue weighted by atomic mass is 19.3. The molecule has 0 unspecified atom stereocenters. The fourth-order valence-corrected chi connectivity index (χ4v) is 2.60. The second-order valence-electron chi connectivity index (χ2n) is 5.08. The van der Waals surface area contributed by atoms with E-state index in [2.05, 4.69) is 4.74 Å². The zero-order valence-corrected chi connectivity index (χ0v) is 10.6. The lowest BCUT2D eigenvalue weighted by atomic mass is 9.77. The van der Waals surface area contributed by atoms with E-state index in [1.165, 1.54) is 6.42 Å². The molecular weight excluding hydrogens is 236 g/mol. The molecule has 1 aliphatic carbocycles. The Morgan fingerprint density at radius 2 is 1.89 bits per heavy atom. The van der Waals surface area contributed by atoms with Crippen LogP contribution in [0.5, 0.6) is 5.75 Å². The largest absolute Gasteiger partial charge is 0.435 e. The molecule has 1 fully saturated rings. The molecule has 2 N–H and O–H groups in total. The Kier molecular flexibility index (Phi) is 3.85. The lowest BCUT2D eigenvalue weighted by Crippen LogP contribution is -2.38. The van der Waals surface area contributed by atoms with Crippen molar-refractivity contribution in [3.63, 3.8) is 0 Å². The zero-order chi connectivity index (χ0) is 13.2. The summed E-state index contributed by atoms with van der Waals surface area (Å²) in [4.78, 5) is 0. The van der Waals surface area contributed by atoms with Crippen molar-refractivity contribution in [2.45, 2.75) is 51.2 Å². The number of benzene rings is 1. The molecule has 0 bridgehead atoms. The molecule has 100 valence electrons. The van der Waals surface area contributed by atoms with Crippen LogP contribution in [0.2, 0.25) is 0 Å². The van der Waals surface area contributed by atoms with Crippen molar-refractivity contribution in [3.8, 4) is 5.75 Å². The zero-order valence-electron chi connectivity index (χ0n) is 10.6. The van der Waals surface area contributed by atoms with E-state index in [0.717, 1.165) is 31.2 Å². The van der Waals surface area contributed by atoms with Gasteiger partial charge in [-0.1, -0.05) is 31.4 Å². The van der Waals surface area contributed by atoms with Crippen LogP contribution in [0.1, 0.15) is 43.2 Å². The van der Waals surface area contributed by atoms with Crippen molar-refractivity contribution in [1.82, 2.24) is 0 Å². The predicted octanol–water partition coefficient (Wildman–Crippen LogP) is 3.71. The van der Waals surface area contributed by atoms with Crippen LogP contribution in [0.25, 0.3) is 0 Å². The average molecular weight is 255 g/mol. The summed E-state index contributed by atoms with van der Waals surface area (Å²) in [5, 5.41) is 0. The molecule has 1 aromatic carbocycles. The van der Waals surface area contributed by atoms with Gasteiger partial charge in [0.1, 0.15) is 5.75 Å². The van der Waals surface area contributed by atoms with E-state index in [1.807, 2.05) is 6.07 Å². The van der Waals surface area contributed by atoms with E-state index < -0.39 is 6.61 Å². The average Bonchev–Trinajstić information content (AvgIpc) is 2.32. The van der Waals surface area contributed by atoms with Crippen molar-refractivity contribution in [2.24, 2.45) is 5.73 Å². The van der Waals surface area contributed by atoms with E-state index in [-0.39, 0.29) is 11.3 Å². The van der Waals surface area contributed by atoms with Crippen molar-refractivity contribution >= 4 is 0 Å². The van der Waals surface area contributed by atoms with E-state index >= 15 is 0 Å². The fraction of sp³-hybridized carbons (Fsp3) is 0.571. The second kappa shape index (κ2) is 5.22. The molecule has 0 aliphatic heterocycles. The van der Waals surface area contributed by atoms with Gasteiger partial charge >= 0.3 is 6.61 Å². The first-order valence-electron chi connectivity index (χ1n) is 6.36. The van der Waals surface area contributed by atoms with Gasteiger partial charge in [-0.05, 0) is 37.0 Å². The molecule has 0 spiro atoms. The standard InChI is InChI=1S/C14H19F2NO/c1-10-5-6-11(9-12(10)18-13(15)16)14(17)7-3-2-4-8-14/h5-6,9,13H,2-4,7-8,17H2,1H3. The van der Waals surface area contributed by atoms with Gasteiger partial charge < -0.3 is 10.5 Å². The molecule has 1 aliphatic rings. The number of hydrogen-bond donors (Lipinski definition) is 1. The Labute approximate surface area is 106 Å². The first-order chi connectivity index (χ1) is 8.51. The van der Waals surface area contributed by atoms with E-state index in [4.69, 9.17) is 5.73 Å². The minimum absolute atomic E-state index is 0.234. The van der Waals surface area contributed by atoms with Gasteiger partial charge in [0.15, 0.2) is 0 Å². The van der Waals surface area contributed by atoms with Crippen LogP contribution in [0, 0.1) is 6.92 Å². The van der Waals surface area contributed by atoms with Crippen LogP contribution < -0.4 is 10.5 Å². The van der Waals surface area contributed by atoms with Crippen LogP contribution in [0.4, 0.5) is 8.78 Å². The van der Waals surface area contributed by atoms with Crippen molar-refractivity contribution in [2.75, 3.05) is 0 Å². The first-order valence-corrected chi connectivity index (χ1v) is 6.36. The highest BCUT2D eigenvalue weighted by Crippen LogP contribution is 2.36. The van der Waals surface area contributed by atoms with Crippen LogP contribution >= 0.6 is 0 Å². The smallest absolute Gasteiger partial charge is 0.387 e. The molecule has 4 heteroatoms. The van der Waals surface area contributed by atoms with Crippen LogP contribution in [0.15, 0.2) is 18.2 Å². The van der Waals surface area contributed by atoms with Gasteiger partial charge in [0.2, 0.25) is 0 Å². The molecule has 2 nitrogen and oxygen atoms in total. The fourth-order valence-electron chi connectivity index (χ4n) is 2.60. The summed E-state index contributed by atoms with van der Waals surface area (Å²) < 4.78 is 29.2. The Hall–Kier alpha value is -1.16. The minimum atomic E-state index is -2.79. The molecule has 1 saturated carbocycles. The van der Waals surface area contributed by atoms with Gasteiger partial charge in [-0.15, -0.1) is 0 Å². The molecule has 0 atom stereocenters. The molecule has 0 amide bonds. The maximum atomic E-state index is 12.3. The molecule has 0 radical (unpaired) electrons. The lowest BCUT2D eigenvalue weighted by molar-refractivity contribution is -0.0504.